The third-order valence-electron chi connectivity index (χ3n) is 6.97. The van der Waals surface area contributed by atoms with Gasteiger partial charge in [-0.15, -0.1) is 0 Å². The Labute approximate surface area is 223 Å². The Balaban J connectivity index is 1.42. The number of hydrogen-bond acceptors (Lipinski definition) is 5. The molecule has 2 amide bonds. The zero-order valence-corrected chi connectivity index (χ0v) is 23.0. The number of aryl methyl sites for hydroxylation is 1. The molecular formula is C30H37N3O5. The molecule has 2 aromatic carbocycles. The largest absolute Gasteiger partial charge is 0.481 e. The highest BCUT2D eigenvalue weighted by Gasteiger charge is 2.31. The summed E-state index contributed by atoms with van der Waals surface area (Å²) in [6, 6.07) is 13.4. The van der Waals surface area contributed by atoms with Gasteiger partial charge >= 0.3 is 6.09 Å². The van der Waals surface area contributed by atoms with Crippen LogP contribution in [0.1, 0.15) is 46.1 Å². The number of likely N-dealkylation sites (tertiary alicyclic amines) is 1. The molecule has 1 fully saturated rings. The number of nitrogens with one attached hydrogen (secondary N) is 1. The van der Waals surface area contributed by atoms with E-state index >= 15 is 0 Å². The highest BCUT2D eigenvalue weighted by atomic mass is 16.6. The number of piperidine rings is 1. The third kappa shape index (κ3) is 6.01. The standard InChI is InChI=1S/C30H37N3O5/c1-19-9-7-8-10-23(19)26-18-31-27(34)25-17-22(11-12-24(25)26)37-20(2)28(35)33-15-13-21(14-16-33)32(6)29(36)38-30(3,4)5/h7-12,17-18,20-21H,13-16H2,1-6H3,(H,31,34)/t20-/m1/s1. The van der Waals surface area contributed by atoms with Gasteiger partial charge < -0.3 is 24.3 Å². The van der Waals surface area contributed by atoms with Crippen LogP contribution >= 0.6 is 0 Å². The van der Waals surface area contributed by atoms with E-state index in [1.807, 2.05) is 58.0 Å². The monoisotopic (exact) mass is 519 g/mol. The van der Waals surface area contributed by atoms with Crippen LogP contribution in [-0.2, 0) is 9.53 Å². The van der Waals surface area contributed by atoms with Crippen molar-refractivity contribution in [3.05, 3.63) is 64.6 Å². The summed E-state index contributed by atoms with van der Waals surface area (Å²) >= 11 is 0. The molecule has 0 unspecified atom stereocenters. The smallest absolute Gasteiger partial charge is 0.410 e. The molecule has 4 rings (SSSR count). The van der Waals surface area contributed by atoms with E-state index in [1.54, 1.807) is 42.1 Å². The first-order valence-electron chi connectivity index (χ1n) is 13.1. The van der Waals surface area contributed by atoms with Crippen molar-refractivity contribution in [3.63, 3.8) is 0 Å². The number of ether oxygens (including phenoxy) is 2. The minimum absolute atomic E-state index is 0.0137. The van der Waals surface area contributed by atoms with Gasteiger partial charge in [-0.1, -0.05) is 24.3 Å². The van der Waals surface area contributed by atoms with Crippen molar-refractivity contribution in [2.75, 3.05) is 20.1 Å². The number of aromatic nitrogens is 1. The first-order chi connectivity index (χ1) is 17.9. The summed E-state index contributed by atoms with van der Waals surface area (Å²) in [6.45, 7) is 10.3. The van der Waals surface area contributed by atoms with E-state index < -0.39 is 11.7 Å². The molecule has 0 aliphatic carbocycles. The molecule has 1 atom stereocenters. The fraction of sp³-hybridized carbons (Fsp3) is 0.433. The summed E-state index contributed by atoms with van der Waals surface area (Å²) in [7, 11) is 1.74. The van der Waals surface area contributed by atoms with Gasteiger partial charge in [0.05, 0.1) is 5.39 Å². The fourth-order valence-corrected chi connectivity index (χ4v) is 4.88. The average Bonchev–Trinajstić information content (AvgIpc) is 2.88. The molecule has 38 heavy (non-hydrogen) atoms. The van der Waals surface area contributed by atoms with Crippen molar-refractivity contribution < 1.29 is 19.1 Å². The Morgan fingerprint density at radius 1 is 1.05 bits per heavy atom. The quantitative estimate of drug-likeness (QED) is 0.505. The van der Waals surface area contributed by atoms with Crippen LogP contribution < -0.4 is 10.3 Å². The summed E-state index contributed by atoms with van der Waals surface area (Å²) in [5.74, 6) is 0.344. The molecule has 2 heterocycles. The zero-order chi connectivity index (χ0) is 27.6. The van der Waals surface area contributed by atoms with E-state index in [-0.39, 0.29) is 23.6 Å². The Morgan fingerprint density at radius 3 is 2.39 bits per heavy atom. The number of H-pyrrole nitrogens is 1. The molecule has 1 saturated heterocycles. The lowest BCUT2D eigenvalue weighted by molar-refractivity contribution is -0.139. The minimum Gasteiger partial charge on any atom is -0.481 e. The number of amides is 2. The molecular weight excluding hydrogens is 482 g/mol. The predicted octanol–water partition coefficient (Wildman–Crippen LogP) is 5.13. The second-order valence-electron chi connectivity index (χ2n) is 11.0. The number of carbonyl (C=O) groups excluding carboxylic acids is 2. The normalized spacial score (nSPS) is 15.3. The fourth-order valence-electron chi connectivity index (χ4n) is 4.88. The Hall–Kier alpha value is -3.81. The van der Waals surface area contributed by atoms with Crippen LogP contribution in [0.15, 0.2) is 53.5 Å². The molecule has 1 aliphatic rings. The van der Waals surface area contributed by atoms with E-state index in [9.17, 15) is 14.4 Å². The molecule has 3 aromatic rings. The number of fused-ring (bicyclic) bond motifs is 1. The number of hydrogen-bond donors (Lipinski definition) is 1. The average molecular weight is 520 g/mol. The molecule has 0 radical (unpaired) electrons. The van der Waals surface area contributed by atoms with Gasteiger partial charge in [-0.3, -0.25) is 9.59 Å². The lowest BCUT2D eigenvalue weighted by Crippen LogP contribution is -2.50. The summed E-state index contributed by atoms with van der Waals surface area (Å²) in [5.41, 5.74) is 2.34. The Bertz CT molecular complexity index is 1380. The number of aromatic amines is 1. The molecule has 1 N–H and O–H groups in total. The first kappa shape index (κ1) is 27.2. The van der Waals surface area contributed by atoms with Gasteiger partial charge in [-0.05, 0) is 82.2 Å². The van der Waals surface area contributed by atoms with Gasteiger partial charge in [0.1, 0.15) is 11.4 Å². The highest BCUT2D eigenvalue weighted by molar-refractivity contribution is 5.97. The minimum atomic E-state index is -0.716. The zero-order valence-electron chi connectivity index (χ0n) is 23.0. The Morgan fingerprint density at radius 2 is 1.74 bits per heavy atom. The van der Waals surface area contributed by atoms with E-state index in [1.165, 1.54) is 0 Å². The van der Waals surface area contributed by atoms with Crippen LogP contribution in [0.4, 0.5) is 4.79 Å². The number of pyridine rings is 1. The summed E-state index contributed by atoms with van der Waals surface area (Å²) in [6.07, 6.45) is 2.01. The summed E-state index contributed by atoms with van der Waals surface area (Å²) in [5, 5.41) is 1.33. The number of benzene rings is 2. The molecule has 0 spiro atoms. The maximum atomic E-state index is 13.1. The second-order valence-corrected chi connectivity index (χ2v) is 11.0. The molecule has 8 heteroatoms. The molecule has 0 bridgehead atoms. The van der Waals surface area contributed by atoms with Crippen molar-refractivity contribution in [2.24, 2.45) is 0 Å². The topological polar surface area (TPSA) is 91.9 Å². The predicted molar refractivity (Wildman–Crippen MR) is 148 cm³/mol. The number of nitrogens with zero attached hydrogens (tertiary/aromatic N) is 2. The van der Waals surface area contributed by atoms with Gasteiger partial charge in [0, 0.05) is 37.9 Å². The van der Waals surface area contributed by atoms with Crippen LogP contribution in [0, 0.1) is 6.92 Å². The first-order valence-corrected chi connectivity index (χ1v) is 13.1. The van der Waals surface area contributed by atoms with Crippen LogP contribution in [0.3, 0.4) is 0 Å². The van der Waals surface area contributed by atoms with Crippen molar-refractivity contribution in [1.82, 2.24) is 14.8 Å². The van der Waals surface area contributed by atoms with E-state index in [4.69, 9.17) is 9.47 Å². The van der Waals surface area contributed by atoms with Crippen LogP contribution in [0.2, 0.25) is 0 Å². The molecule has 1 aromatic heterocycles. The van der Waals surface area contributed by atoms with Crippen molar-refractivity contribution in [3.8, 4) is 16.9 Å². The maximum Gasteiger partial charge on any atom is 0.410 e. The summed E-state index contributed by atoms with van der Waals surface area (Å²) in [4.78, 5) is 44.4. The number of rotatable bonds is 5. The second kappa shape index (κ2) is 10.9. The Kier molecular flexibility index (Phi) is 7.81. The van der Waals surface area contributed by atoms with Gasteiger partial charge in [-0.25, -0.2) is 4.79 Å². The van der Waals surface area contributed by atoms with E-state index in [2.05, 4.69) is 4.98 Å². The lowest BCUT2D eigenvalue weighted by atomic mass is 9.97. The van der Waals surface area contributed by atoms with Gasteiger partial charge in [-0.2, -0.15) is 0 Å². The van der Waals surface area contributed by atoms with Gasteiger partial charge in [0.15, 0.2) is 6.10 Å². The highest BCUT2D eigenvalue weighted by Crippen LogP contribution is 2.31. The maximum absolute atomic E-state index is 13.1. The van der Waals surface area contributed by atoms with Crippen molar-refractivity contribution in [2.45, 2.75) is 65.2 Å². The molecule has 202 valence electrons. The van der Waals surface area contributed by atoms with Crippen LogP contribution in [-0.4, -0.2) is 64.7 Å². The van der Waals surface area contributed by atoms with Crippen LogP contribution in [0.25, 0.3) is 21.9 Å². The van der Waals surface area contributed by atoms with Gasteiger partial charge in [0.25, 0.3) is 11.5 Å². The van der Waals surface area contributed by atoms with Crippen molar-refractivity contribution >= 4 is 22.8 Å². The third-order valence-corrected chi connectivity index (χ3v) is 6.97. The lowest BCUT2D eigenvalue weighted by Gasteiger charge is -2.38. The van der Waals surface area contributed by atoms with E-state index in [0.29, 0.717) is 37.1 Å². The molecule has 1 aliphatic heterocycles. The van der Waals surface area contributed by atoms with Crippen molar-refractivity contribution in [1.29, 1.82) is 0 Å². The van der Waals surface area contributed by atoms with E-state index in [0.717, 1.165) is 22.1 Å². The SMILES string of the molecule is Cc1ccccc1-c1c[nH]c(=O)c2cc(O[C@H](C)C(=O)N3CCC(N(C)C(=O)OC(C)(C)C)CC3)ccc12. The number of carbonyl (C=O) groups is 2. The molecule has 0 saturated carbocycles. The van der Waals surface area contributed by atoms with Gasteiger partial charge in [0.2, 0.25) is 0 Å². The van der Waals surface area contributed by atoms with Crippen LogP contribution in [0.5, 0.6) is 5.75 Å². The summed E-state index contributed by atoms with van der Waals surface area (Å²) < 4.78 is 11.5. The molecule has 8 nitrogen and oxygen atoms in total.